The Morgan fingerprint density at radius 3 is 2.59 bits per heavy atom. The van der Waals surface area contributed by atoms with Gasteiger partial charge in [-0.1, -0.05) is 37.3 Å². The fourth-order valence-corrected chi connectivity index (χ4v) is 2.71. The first-order chi connectivity index (χ1) is 8.34. The lowest BCUT2D eigenvalue weighted by Crippen LogP contribution is -2.05. The third kappa shape index (κ3) is 2.14. The third-order valence-electron chi connectivity index (χ3n) is 3.47. The summed E-state index contributed by atoms with van der Waals surface area (Å²) in [6.45, 7) is 0. The largest absolute Gasteiger partial charge is 0.196 e. The molecule has 4 nitrogen and oxygen atoms in total. The fourth-order valence-electron chi connectivity index (χ4n) is 2.58. The first-order valence-corrected chi connectivity index (χ1v) is 6.60. The van der Waals surface area contributed by atoms with Gasteiger partial charge >= 0.3 is 0 Å². The summed E-state index contributed by atoms with van der Waals surface area (Å²) in [6, 6.07) is 3.62. The van der Waals surface area contributed by atoms with Gasteiger partial charge in [-0.25, -0.2) is 0 Å². The van der Waals surface area contributed by atoms with E-state index in [9.17, 15) is 0 Å². The quantitative estimate of drug-likeness (QED) is 0.730. The summed E-state index contributed by atoms with van der Waals surface area (Å²) in [6.07, 6.45) is 7.60. The lowest BCUT2D eigenvalue weighted by Gasteiger charge is -2.10. The molecule has 1 aliphatic rings. The number of hydrogen-bond acceptors (Lipinski definition) is 3. The van der Waals surface area contributed by atoms with Crippen LogP contribution in [0.5, 0.6) is 0 Å². The molecule has 1 saturated carbocycles. The van der Waals surface area contributed by atoms with E-state index in [-0.39, 0.29) is 0 Å². The van der Waals surface area contributed by atoms with Crippen LogP contribution in [0.3, 0.4) is 0 Å². The molecule has 0 spiro atoms. The highest BCUT2D eigenvalue weighted by atomic mass is 35.5. The van der Waals surface area contributed by atoms with Gasteiger partial charge in [-0.2, -0.15) is 9.61 Å². The molecule has 2 aromatic rings. The van der Waals surface area contributed by atoms with E-state index in [2.05, 4.69) is 15.3 Å². The second-order valence-corrected chi connectivity index (χ2v) is 5.06. The molecule has 0 aromatic carbocycles. The van der Waals surface area contributed by atoms with Crippen LogP contribution in [0.2, 0.25) is 5.15 Å². The summed E-state index contributed by atoms with van der Waals surface area (Å²) < 4.78 is 1.80. The molecule has 1 fully saturated rings. The number of nitrogens with zero attached hydrogens (tertiary/aromatic N) is 4. The van der Waals surface area contributed by atoms with Gasteiger partial charge in [0.1, 0.15) is 5.15 Å². The van der Waals surface area contributed by atoms with E-state index in [1.807, 2.05) is 6.07 Å². The monoisotopic (exact) mass is 250 g/mol. The molecule has 2 aromatic heterocycles. The summed E-state index contributed by atoms with van der Waals surface area (Å²) in [5.74, 6) is 1.46. The molecule has 0 saturated heterocycles. The van der Waals surface area contributed by atoms with Crippen molar-refractivity contribution >= 4 is 17.2 Å². The van der Waals surface area contributed by atoms with Gasteiger partial charge in [-0.3, -0.25) is 0 Å². The van der Waals surface area contributed by atoms with Crippen LogP contribution in [-0.4, -0.2) is 19.8 Å². The Hall–Kier alpha value is -1.16. The minimum Gasteiger partial charge on any atom is -0.196 e. The van der Waals surface area contributed by atoms with Crippen molar-refractivity contribution in [2.45, 2.75) is 44.4 Å². The summed E-state index contributed by atoms with van der Waals surface area (Å²) in [5.41, 5.74) is 0.786. The molecule has 0 atom stereocenters. The Morgan fingerprint density at radius 1 is 1.06 bits per heavy atom. The molecular weight excluding hydrogens is 236 g/mol. The molecule has 0 N–H and O–H groups in total. The minimum atomic E-state index is 0.485. The zero-order chi connectivity index (χ0) is 11.7. The van der Waals surface area contributed by atoms with E-state index < -0.39 is 0 Å². The average molecular weight is 251 g/mol. The van der Waals surface area contributed by atoms with Crippen molar-refractivity contribution in [2.75, 3.05) is 0 Å². The van der Waals surface area contributed by atoms with Gasteiger partial charge in [0, 0.05) is 5.92 Å². The predicted molar refractivity (Wildman–Crippen MR) is 66.2 cm³/mol. The van der Waals surface area contributed by atoms with Gasteiger partial charge in [0.25, 0.3) is 0 Å². The number of hydrogen-bond donors (Lipinski definition) is 0. The number of halogens is 1. The molecule has 90 valence electrons. The van der Waals surface area contributed by atoms with Crippen molar-refractivity contribution in [3.8, 4) is 0 Å². The summed E-state index contributed by atoms with van der Waals surface area (Å²) in [4.78, 5) is 0. The average Bonchev–Trinajstić information content (AvgIpc) is 2.58. The summed E-state index contributed by atoms with van der Waals surface area (Å²) >= 11 is 5.93. The third-order valence-corrected chi connectivity index (χ3v) is 3.68. The maximum atomic E-state index is 5.93. The lowest BCUT2D eigenvalue weighted by molar-refractivity contribution is 0.545. The van der Waals surface area contributed by atoms with Crippen LogP contribution in [-0.2, 0) is 0 Å². The van der Waals surface area contributed by atoms with Crippen molar-refractivity contribution in [1.29, 1.82) is 0 Å². The number of aromatic nitrogens is 4. The van der Waals surface area contributed by atoms with Gasteiger partial charge in [0.2, 0.25) is 0 Å². The van der Waals surface area contributed by atoms with Gasteiger partial charge in [0.15, 0.2) is 11.5 Å². The molecular formula is C12H15ClN4. The Bertz CT molecular complexity index is 514. The van der Waals surface area contributed by atoms with Crippen LogP contribution in [0.15, 0.2) is 12.1 Å². The van der Waals surface area contributed by atoms with Crippen LogP contribution in [0.4, 0.5) is 0 Å². The highest BCUT2D eigenvalue weighted by molar-refractivity contribution is 6.29. The van der Waals surface area contributed by atoms with Gasteiger partial charge in [-0.15, -0.1) is 10.2 Å². The Morgan fingerprint density at radius 2 is 1.82 bits per heavy atom. The van der Waals surface area contributed by atoms with E-state index in [0.29, 0.717) is 11.1 Å². The first kappa shape index (κ1) is 11.0. The van der Waals surface area contributed by atoms with Gasteiger partial charge in [0.05, 0.1) is 0 Å². The molecule has 5 heteroatoms. The summed E-state index contributed by atoms with van der Waals surface area (Å²) in [5, 5.41) is 13.2. The van der Waals surface area contributed by atoms with Crippen molar-refractivity contribution in [3.05, 3.63) is 23.1 Å². The number of rotatable bonds is 1. The highest BCUT2D eigenvalue weighted by Crippen LogP contribution is 2.30. The van der Waals surface area contributed by atoms with E-state index in [0.717, 1.165) is 11.5 Å². The zero-order valence-electron chi connectivity index (χ0n) is 9.64. The normalized spacial score (nSPS) is 18.4. The molecule has 3 rings (SSSR count). The van der Waals surface area contributed by atoms with Crippen LogP contribution >= 0.6 is 11.6 Å². The van der Waals surface area contributed by atoms with Gasteiger partial charge in [-0.05, 0) is 25.0 Å². The minimum absolute atomic E-state index is 0.485. The molecule has 0 radical (unpaired) electrons. The first-order valence-electron chi connectivity index (χ1n) is 6.22. The van der Waals surface area contributed by atoms with Gasteiger partial charge < -0.3 is 0 Å². The molecule has 2 heterocycles. The number of fused-ring (bicyclic) bond motifs is 1. The molecule has 0 amide bonds. The molecule has 0 bridgehead atoms. The van der Waals surface area contributed by atoms with Crippen LogP contribution in [0.25, 0.3) is 5.65 Å². The van der Waals surface area contributed by atoms with E-state index in [1.54, 1.807) is 10.6 Å². The predicted octanol–water partition coefficient (Wildman–Crippen LogP) is 3.22. The second-order valence-electron chi connectivity index (χ2n) is 4.67. The molecule has 1 aliphatic carbocycles. The standard InChI is InChI=1S/C12H15ClN4/c13-10-7-8-11-14-15-12(17(11)16-10)9-5-3-1-2-4-6-9/h7-9H,1-6H2. The second kappa shape index (κ2) is 4.61. The van der Waals surface area contributed by atoms with Crippen LogP contribution in [0.1, 0.15) is 50.3 Å². The Kier molecular flexibility index (Phi) is 2.97. The van der Waals surface area contributed by atoms with Crippen LogP contribution in [0, 0.1) is 0 Å². The Labute approximate surface area is 105 Å². The smallest absolute Gasteiger partial charge is 0.178 e. The molecule has 0 aliphatic heterocycles. The maximum absolute atomic E-state index is 5.93. The maximum Gasteiger partial charge on any atom is 0.178 e. The van der Waals surface area contributed by atoms with Crippen molar-refractivity contribution < 1.29 is 0 Å². The van der Waals surface area contributed by atoms with Crippen LogP contribution < -0.4 is 0 Å². The summed E-state index contributed by atoms with van der Waals surface area (Å²) in [7, 11) is 0. The lowest BCUT2D eigenvalue weighted by atomic mass is 10.00. The zero-order valence-corrected chi connectivity index (χ0v) is 10.4. The van der Waals surface area contributed by atoms with Crippen molar-refractivity contribution in [2.24, 2.45) is 0 Å². The topological polar surface area (TPSA) is 43.1 Å². The van der Waals surface area contributed by atoms with E-state index in [4.69, 9.17) is 11.6 Å². The molecule has 0 unspecified atom stereocenters. The van der Waals surface area contributed by atoms with E-state index >= 15 is 0 Å². The Balaban J connectivity index is 2.00. The van der Waals surface area contributed by atoms with E-state index in [1.165, 1.54) is 38.5 Å². The SMILES string of the molecule is Clc1ccc2nnc(C3CCCCCC3)n2n1. The highest BCUT2D eigenvalue weighted by Gasteiger charge is 2.20. The van der Waals surface area contributed by atoms with Crippen molar-refractivity contribution in [1.82, 2.24) is 19.8 Å². The van der Waals surface area contributed by atoms with Crippen molar-refractivity contribution in [3.63, 3.8) is 0 Å². The fraction of sp³-hybridized carbons (Fsp3) is 0.583. The molecule has 17 heavy (non-hydrogen) atoms.